The first-order chi connectivity index (χ1) is 8.06. The summed E-state index contributed by atoms with van der Waals surface area (Å²) in [6.07, 6.45) is 1.72. The van der Waals surface area contributed by atoms with Crippen LogP contribution in [0, 0.1) is 6.92 Å². The molecule has 0 N–H and O–H groups in total. The molecular formula is C12H8BrCl2NO. The van der Waals surface area contributed by atoms with Crippen LogP contribution < -0.4 is 4.74 Å². The van der Waals surface area contributed by atoms with Gasteiger partial charge >= 0.3 is 0 Å². The van der Waals surface area contributed by atoms with Gasteiger partial charge in [0, 0.05) is 17.3 Å². The molecule has 2 rings (SSSR count). The Bertz CT molecular complexity index is 560. The van der Waals surface area contributed by atoms with Crippen LogP contribution in [0.5, 0.6) is 11.6 Å². The van der Waals surface area contributed by atoms with Crippen LogP contribution in [-0.4, -0.2) is 4.98 Å². The number of halogens is 3. The summed E-state index contributed by atoms with van der Waals surface area (Å²) < 4.78 is 6.37. The van der Waals surface area contributed by atoms with E-state index in [-0.39, 0.29) is 0 Å². The van der Waals surface area contributed by atoms with Crippen molar-refractivity contribution in [2.75, 3.05) is 0 Å². The second-order valence-electron chi connectivity index (χ2n) is 3.48. The second kappa shape index (κ2) is 5.25. The van der Waals surface area contributed by atoms with Gasteiger partial charge in [0.2, 0.25) is 5.88 Å². The average molecular weight is 333 g/mol. The van der Waals surface area contributed by atoms with Gasteiger partial charge < -0.3 is 4.74 Å². The molecule has 88 valence electrons. The number of rotatable bonds is 2. The lowest BCUT2D eigenvalue weighted by Gasteiger charge is -2.08. The Balaban J connectivity index is 2.34. The van der Waals surface area contributed by atoms with Crippen molar-refractivity contribution in [3.63, 3.8) is 0 Å². The Hall–Kier alpha value is -0.770. The van der Waals surface area contributed by atoms with E-state index in [1.54, 1.807) is 24.4 Å². The van der Waals surface area contributed by atoms with E-state index in [0.29, 0.717) is 21.7 Å². The lowest BCUT2D eigenvalue weighted by Crippen LogP contribution is -1.90. The van der Waals surface area contributed by atoms with Gasteiger partial charge in [-0.15, -0.1) is 0 Å². The van der Waals surface area contributed by atoms with Crippen molar-refractivity contribution >= 4 is 39.1 Å². The van der Waals surface area contributed by atoms with Crippen LogP contribution in [-0.2, 0) is 0 Å². The maximum absolute atomic E-state index is 6.00. The van der Waals surface area contributed by atoms with Crippen LogP contribution in [0.1, 0.15) is 5.56 Å². The van der Waals surface area contributed by atoms with E-state index < -0.39 is 0 Å². The molecule has 0 radical (unpaired) electrons. The summed E-state index contributed by atoms with van der Waals surface area (Å²) in [5.41, 5.74) is 1.04. The molecule has 0 fully saturated rings. The molecule has 17 heavy (non-hydrogen) atoms. The highest BCUT2D eigenvalue weighted by Crippen LogP contribution is 2.34. The fourth-order valence-electron chi connectivity index (χ4n) is 1.26. The number of hydrogen-bond donors (Lipinski definition) is 0. The highest BCUT2D eigenvalue weighted by Gasteiger charge is 2.08. The average Bonchev–Trinajstić information content (AvgIpc) is 2.27. The standard InChI is InChI=1S/C12H8BrCl2NO/c1-7-4-9(13)12(16-6-7)17-11-5-8(14)2-3-10(11)15/h2-6H,1H3. The number of hydrogen-bond acceptors (Lipinski definition) is 2. The molecule has 0 unspecified atom stereocenters. The molecule has 5 heteroatoms. The summed E-state index contributed by atoms with van der Waals surface area (Å²) in [6, 6.07) is 6.95. The van der Waals surface area contributed by atoms with E-state index >= 15 is 0 Å². The minimum atomic E-state index is 0.458. The Labute approximate surface area is 118 Å². The predicted molar refractivity (Wildman–Crippen MR) is 73.2 cm³/mol. The zero-order valence-corrected chi connectivity index (χ0v) is 12.0. The molecule has 1 aromatic carbocycles. The molecule has 2 nitrogen and oxygen atoms in total. The van der Waals surface area contributed by atoms with E-state index in [1.165, 1.54) is 0 Å². The maximum Gasteiger partial charge on any atom is 0.233 e. The Morgan fingerprint density at radius 3 is 2.71 bits per heavy atom. The molecule has 0 aliphatic carbocycles. The Morgan fingerprint density at radius 2 is 2.00 bits per heavy atom. The van der Waals surface area contributed by atoms with E-state index in [9.17, 15) is 0 Å². The van der Waals surface area contributed by atoms with Crippen molar-refractivity contribution in [1.82, 2.24) is 4.98 Å². The normalized spacial score (nSPS) is 10.4. The van der Waals surface area contributed by atoms with Crippen LogP contribution in [0.2, 0.25) is 10.0 Å². The van der Waals surface area contributed by atoms with Crippen LogP contribution in [0.3, 0.4) is 0 Å². The molecule has 0 aliphatic rings. The molecular weight excluding hydrogens is 325 g/mol. The number of ether oxygens (including phenoxy) is 1. The Kier molecular flexibility index (Phi) is 3.92. The van der Waals surface area contributed by atoms with Crippen LogP contribution in [0.4, 0.5) is 0 Å². The largest absolute Gasteiger partial charge is 0.436 e. The molecule has 0 aliphatic heterocycles. The van der Waals surface area contributed by atoms with E-state index in [0.717, 1.165) is 10.0 Å². The zero-order valence-electron chi connectivity index (χ0n) is 8.88. The summed E-state index contributed by atoms with van der Waals surface area (Å²) in [5.74, 6) is 0.941. The van der Waals surface area contributed by atoms with E-state index in [1.807, 2.05) is 13.0 Å². The summed E-state index contributed by atoms with van der Waals surface area (Å²) in [7, 11) is 0. The Morgan fingerprint density at radius 1 is 1.24 bits per heavy atom. The zero-order chi connectivity index (χ0) is 12.4. The predicted octanol–water partition coefficient (Wildman–Crippen LogP) is 5.25. The van der Waals surface area contributed by atoms with Gasteiger partial charge in [0.1, 0.15) is 5.75 Å². The molecule has 0 saturated carbocycles. The third kappa shape index (κ3) is 3.12. The minimum Gasteiger partial charge on any atom is -0.436 e. The monoisotopic (exact) mass is 331 g/mol. The van der Waals surface area contributed by atoms with Gasteiger partial charge in [-0.05, 0) is 46.6 Å². The van der Waals surface area contributed by atoms with Crippen molar-refractivity contribution in [1.29, 1.82) is 0 Å². The van der Waals surface area contributed by atoms with E-state index in [2.05, 4.69) is 20.9 Å². The molecule has 0 amide bonds. The summed E-state index contributed by atoms with van der Waals surface area (Å²) in [4.78, 5) is 4.17. The SMILES string of the molecule is Cc1cnc(Oc2cc(Cl)ccc2Cl)c(Br)c1. The van der Waals surface area contributed by atoms with Crippen molar-refractivity contribution in [3.05, 3.63) is 50.5 Å². The number of pyridine rings is 1. The number of aromatic nitrogens is 1. The molecule has 0 saturated heterocycles. The van der Waals surface area contributed by atoms with Gasteiger partial charge in [-0.1, -0.05) is 23.2 Å². The summed E-state index contributed by atoms with van der Waals surface area (Å²) in [6.45, 7) is 1.95. The topological polar surface area (TPSA) is 22.1 Å². The van der Waals surface area contributed by atoms with Gasteiger partial charge in [-0.25, -0.2) is 4.98 Å². The quantitative estimate of drug-likeness (QED) is 0.749. The third-order valence-electron chi connectivity index (χ3n) is 2.04. The van der Waals surface area contributed by atoms with Crippen molar-refractivity contribution < 1.29 is 4.74 Å². The number of benzene rings is 1. The molecule has 1 heterocycles. The first-order valence-corrected chi connectivity index (χ1v) is 6.36. The van der Waals surface area contributed by atoms with Crippen LogP contribution in [0.25, 0.3) is 0 Å². The van der Waals surface area contributed by atoms with Gasteiger partial charge in [0.15, 0.2) is 0 Å². The highest BCUT2D eigenvalue weighted by atomic mass is 79.9. The third-order valence-corrected chi connectivity index (χ3v) is 3.16. The smallest absolute Gasteiger partial charge is 0.233 e. The fourth-order valence-corrected chi connectivity index (χ4v) is 2.12. The highest BCUT2D eigenvalue weighted by molar-refractivity contribution is 9.10. The van der Waals surface area contributed by atoms with Gasteiger partial charge in [0.05, 0.1) is 9.50 Å². The molecule has 0 spiro atoms. The lowest BCUT2D eigenvalue weighted by atomic mass is 10.3. The molecule has 0 bridgehead atoms. The first kappa shape index (κ1) is 12.7. The lowest BCUT2D eigenvalue weighted by molar-refractivity contribution is 0.459. The number of aryl methyl sites for hydroxylation is 1. The van der Waals surface area contributed by atoms with Gasteiger partial charge in [0.25, 0.3) is 0 Å². The fraction of sp³-hybridized carbons (Fsp3) is 0.0833. The summed E-state index contributed by atoms with van der Waals surface area (Å²) >= 11 is 15.3. The van der Waals surface area contributed by atoms with Crippen LogP contribution >= 0.6 is 39.1 Å². The van der Waals surface area contributed by atoms with Crippen molar-refractivity contribution in [3.8, 4) is 11.6 Å². The van der Waals surface area contributed by atoms with Crippen molar-refractivity contribution in [2.45, 2.75) is 6.92 Å². The van der Waals surface area contributed by atoms with E-state index in [4.69, 9.17) is 27.9 Å². The van der Waals surface area contributed by atoms with Gasteiger partial charge in [-0.2, -0.15) is 0 Å². The maximum atomic E-state index is 6.00. The van der Waals surface area contributed by atoms with Crippen LogP contribution in [0.15, 0.2) is 34.9 Å². The molecule has 1 aromatic heterocycles. The van der Waals surface area contributed by atoms with Gasteiger partial charge in [-0.3, -0.25) is 0 Å². The molecule has 0 atom stereocenters. The van der Waals surface area contributed by atoms with Crippen molar-refractivity contribution in [2.24, 2.45) is 0 Å². The second-order valence-corrected chi connectivity index (χ2v) is 5.17. The minimum absolute atomic E-state index is 0.458. The first-order valence-electron chi connectivity index (χ1n) is 4.81. The molecule has 2 aromatic rings. The number of nitrogens with zero attached hydrogens (tertiary/aromatic N) is 1. The summed E-state index contributed by atoms with van der Waals surface area (Å²) in [5, 5.41) is 1.05.